The lowest BCUT2D eigenvalue weighted by Gasteiger charge is -2.00. The third kappa shape index (κ3) is 1.90. The van der Waals surface area contributed by atoms with E-state index in [4.69, 9.17) is 5.73 Å². The van der Waals surface area contributed by atoms with Gasteiger partial charge in [0.1, 0.15) is 0 Å². The average molecular weight is 365 g/mol. The van der Waals surface area contributed by atoms with Crippen molar-refractivity contribution in [3.8, 4) is 11.4 Å². The molecule has 1 aromatic heterocycles. The summed E-state index contributed by atoms with van der Waals surface area (Å²) in [6.45, 7) is 0. The second-order valence-electron chi connectivity index (χ2n) is 2.67. The van der Waals surface area contributed by atoms with Crippen molar-refractivity contribution in [3.63, 3.8) is 0 Å². The van der Waals surface area contributed by atoms with Gasteiger partial charge in [-0.15, -0.1) is 5.10 Å². The second-order valence-corrected chi connectivity index (χ2v) is 4.74. The average Bonchev–Trinajstić information content (AvgIpc) is 2.56. The Hall–Kier alpha value is -0.630. The molecule has 0 bridgehead atoms. The minimum absolute atomic E-state index is 0.260. The highest BCUT2D eigenvalue weighted by Crippen LogP contribution is 2.25. The van der Waals surface area contributed by atoms with Gasteiger partial charge in [-0.25, -0.2) is 0 Å². The van der Waals surface area contributed by atoms with Crippen molar-refractivity contribution in [1.82, 2.24) is 15.2 Å². The summed E-state index contributed by atoms with van der Waals surface area (Å²) in [6, 6.07) is 5.95. The number of rotatable bonds is 1. The van der Waals surface area contributed by atoms with Gasteiger partial charge in [-0.3, -0.25) is 5.10 Å². The van der Waals surface area contributed by atoms with Crippen LogP contribution in [0.3, 0.4) is 0 Å². The Morgan fingerprint density at radius 1 is 1.43 bits per heavy atom. The number of nitrogens with two attached hydrogens (primary N) is 1. The van der Waals surface area contributed by atoms with Crippen molar-refractivity contribution in [2.24, 2.45) is 0 Å². The lowest BCUT2D eigenvalue weighted by molar-refractivity contribution is 1.10. The van der Waals surface area contributed by atoms with Gasteiger partial charge in [0.15, 0.2) is 5.82 Å². The van der Waals surface area contributed by atoms with Gasteiger partial charge in [0.05, 0.1) is 0 Å². The van der Waals surface area contributed by atoms with Gasteiger partial charge in [-0.05, 0) is 40.8 Å². The molecule has 2 aromatic rings. The molecular weight excluding hydrogens is 359 g/mol. The molecule has 0 aliphatic rings. The number of aromatic amines is 1. The molecule has 0 saturated heterocycles. The topological polar surface area (TPSA) is 67.6 Å². The molecule has 0 fully saturated rings. The molecule has 1 heterocycles. The highest BCUT2D eigenvalue weighted by Gasteiger charge is 2.07. The van der Waals surface area contributed by atoms with Crippen LogP contribution >= 0.6 is 38.5 Å². The van der Waals surface area contributed by atoms with Crippen LogP contribution in [-0.2, 0) is 0 Å². The first kappa shape index (κ1) is 9.91. The number of nitrogens with zero attached hydrogens (tertiary/aromatic N) is 2. The van der Waals surface area contributed by atoms with Crippen LogP contribution in [0.4, 0.5) is 5.95 Å². The van der Waals surface area contributed by atoms with Crippen molar-refractivity contribution < 1.29 is 0 Å². The number of benzene rings is 1. The number of hydrogen-bond acceptors (Lipinski definition) is 3. The van der Waals surface area contributed by atoms with Crippen LogP contribution < -0.4 is 5.73 Å². The zero-order valence-corrected chi connectivity index (χ0v) is 10.7. The summed E-state index contributed by atoms with van der Waals surface area (Å²) in [4.78, 5) is 4.07. The van der Waals surface area contributed by atoms with E-state index in [0.29, 0.717) is 5.82 Å². The van der Waals surface area contributed by atoms with E-state index in [1.54, 1.807) is 0 Å². The highest BCUT2D eigenvalue weighted by molar-refractivity contribution is 14.1. The van der Waals surface area contributed by atoms with Crippen LogP contribution in [0, 0.1) is 3.57 Å². The first-order valence-corrected chi connectivity index (χ1v) is 5.67. The predicted molar refractivity (Wildman–Crippen MR) is 66.6 cm³/mol. The molecule has 3 N–H and O–H groups in total. The smallest absolute Gasteiger partial charge is 0.239 e. The van der Waals surface area contributed by atoms with E-state index in [0.717, 1.165) is 13.6 Å². The van der Waals surface area contributed by atoms with E-state index in [9.17, 15) is 0 Å². The molecule has 0 radical (unpaired) electrons. The maximum absolute atomic E-state index is 5.44. The van der Waals surface area contributed by atoms with Crippen molar-refractivity contribution in [3.05, 3.63) is 26.2 Å². The molecule has 0 aliphatic heterocycles. The fourth-order valence-corrected chi connectivity index (χ4v) is 2.03. The first-order chi connectivity index (χ1) is 6.66. The SMILES string of the molecule is Nc1n[nH]c(-c2cc(Br)ccc2I)n1. The number of anilines is 1. The van der Waals surface area contributed by atoms with Gasteiger partial charge in [-0.2, -0.15) is 4.98 Å². The molecule has 0 unspecified atom stereocenters. The number of H-pyrrole nitrogens is 1. The van der Waals surface area contributed by atoms with Gasteiger partial charge in [0.25, 0.3) is 0 Å². The van der Waals surface area contributed by atoms with Gasteiger partial charge in [-0.1, -0.05) is 15.9 Å². The lowest BCUT2D eigenvalue weighted by atomic mass is 10.2. The molecule has 0 amide bonds. The minimum atomic E-state index is 0.260. The third-order valence-corrected chi connectivity index (χ3v) is 3.12. The molecule has 6 heteroatoms. The van der Waals surface area contributed by atoms with Crippen LogP contribution in [0.5, 0.6) is 0 Å². The fraction of sp³-hybridized carbons (Fsp3) is 0. The normalized spacial score (nSPS) is 10.4. The Labute approximate surface area is 103 Å². The molecule has 0 aliphatic carbocycles. The Bertz CT molecular complexity index is 468. The molecule has 4 nitrogen and oxygen atoms in total. The zero-order chi connectivity index (χ0) is 10.1. The molecule has 72 valence electrons. The van der Waals surface area contributed by atoms with Gasteiger partial charge < -0.3 is 5.73 Å². The Balaban J connectivity index is 2.55. The van der Waals surface area contributed by atoms with E-state index in [1.165, 1.54) is 0 Å². The van der Waals surface area contributed by atoms with Crippen molar-refractivity contribution in [1.29, 1.82) is 0 Å². The van der Waals surface area contributed by atoms with Crippen molar-refractivity contribution in [2.45, 2.75) is 0 Å². The Morgan fingerprint density at radius 3 is 2.86 bits per heavy atom. The number of nitrogens with one attached hydrogen (secondary N) is 1. The summed E-state index contributed by atoms with van der Waals surface area (Å²) in [7, 11) is 0. The summed E-state index contributed by atoms with van der Waals surface area (Å²) < 4.78 is 2.10. The van der Waals surface area contributed by atoms with Crippen LogP contribution in [0.25, 0.3) is 11.4 Å². The van der Waals surface area contributed by atoms with Crippen LogP contribution in [0.2, 0.25) is 0 Å². The summed E-state index contributed by atoms with van der Waals surface area (Å²) in [5.41, 5.74) is 6.43. The summed E-state index contributed by atoms with van der Waals surface area (Å²) in [6.07, 6.45) is 0. The third-order valence-electron chi connectivity index (χ3n) is 1.69. The van der Waals surface area contributed by atoms with Crippen LogP contribution in [0.1, 0.15) is 0 Å². The Morgan fingerprint density at radius 2 is 2.21 bits per heavy atom. The second kappa shape index (κ2) is 3.85. The number of nitrogen functional groups attached to an aromatic ring is 1. The van der Waals surface area contributed by atoms with E-state index < -0.39 is 0 Å². The molecule has 0 atom stereocenters. The number of halogens is 2. The van der Waals surface area contributed by atoms with Gasteiger partial charge in [0.2, 0.25) is 5.95 Å². The standard InChI is InChI=1S/C8H6BrIN4/c9-4-1-2-6(10)5(3-4)7-12-8(11)14-13-7/h1-3H,(H3,11,12,13,14). The van der Waals surface area contributed by atoms with Crippen molar-refractivity contribution >= 4 is 44.5 Å². The van der Waals surface area contributed by atoms with Crippen LogP contribution in [0.15, 0.2) is 22.7 Å². The van der Waals surface area contributed by atoms with Crippen molar-refractivity contribution in [2.75, 3.05) is 5.73 Å². The van der Waals surface area contributed by atoms with E-state index in [-0.39, 0.29) is 5.95 Å². The predicted octanol–water partition coefficient (Wildman–Crippen LogP) is 2.42. The number of hydrogen-bond donors (Lipinski definition) is 2. The summed E-state index contributed by atoms with van der Waals surface area (Å²) in [5, 5.41) is 6.56. The summed E-state index contributed by atoms with van der Waals surface area (Å²) in [5.74, 6) is 0.948. The maximum atomic E-state index is 5.44. The van der Waals surface area contributed by atoms with E-state index >= 15 is 0 Å². The number of aromatic nitrogens is 3. The highest BCUT2D eigenvalue weighted by atomic mass is 127. The molecule has 2 rings (SSSR count). The molecule has 0 spiro atoms. The van der Waals surface area contributed by atoms with Gasteiger partial charge >= 0.3 is 0 Å². The monoisotopic (exact) mass is 364 g/mol. The Kier molecular flexibility index (Phi) is 2.73. The molecule has 14 heavy (non-hydrogen) atoms. The van der Waals surface area contributed by atoms with E-state index in [2.05, 4.69) is 53.7 Å². The largest absolute Gasteiger partial charge is 0.366 e. The first-order valence-electron chi connectivity index (χ1n) is 3.80. The van der Waals surface area contributed by atoms with Gasteiger partial charge in [0, 0.05) is 13.6 Å². The summed E-state index contributed by atoms with van der Waals surface area (Å²) >= 11 is 5.64. The molecule has 1 aromatic carbocycles. The van der Waals surface area contributed by atoms with E-state index in [1.807, 2.05) is 18.2 Å². The lowest BCUT2D eigenvalue weighted by Crippen LogP contribution is -1.87. The minimum Gasteiger partial charge on any atom is -0.366 e. The quantitative estimate of drug-likeness (QED) is 0.763. The molecular formula is C8H6BrIN4. The maximum Gasteiger partial charge on any atom is 0.239 e. The molecule has 0 saturated carbocycles. The fourth-order valence-electron chi connectivity index (χ4n) is 1.07. The zero-order valence-electron chi connectivity index (χ0n) is 6.96. The van der Waals surface area contributed by atoms with Crippen LogP contribution in [-0.4, -0.2) is 15.2 Å².